The van der Waals surface area contributed by atoms with Crippen LogP contribution < -0.4 is 9.21 Å². The number of anilines is 2. The highest BCUT2D eigenvalue weighted by Gasteiger charge is 2.42. The first kappa shape index (κ1) is 31.8. The summed E-state index contributed by atoms with van der Waals surface area (Å²) in [5, 5.41) is 0.215. The van der Waals surface area contributed by atoms with Crippen molar-refractivity contribution in [1.82, 2.24) is 4.90 Å². The van der Waals surface area contributed by atoms with Crippen molar-refractivity contribution in [2.45, 2.75) is 37.0 Å². The van der Waals surface area contributed by atoms with Crippen LogP contribution in [0.3, 0.4) is 0 Å². The zero-order chi connectivity index (χ0) is 32.0. The molecule has 0 N–H and O–H groups in total. The maximum Gasteiger partial charge on any atom is 0.416 e. The highest BCUT2D eigenvalue weighted by molar-refractivity contribution is 7.92. The second-order valence-electron chi connectivity index (χ2n) is 10.8. The third-order valence-electron chi connectivity index (χ3n) is 8.05. The van der Waals surface area contributed by atoms with Gasteiger partial charge in [-0.1, -0.05) is 35.9 Å². The molecule has 3 aromatic rings. The molecule has 2 heterocycles. The molecular formula is C31H30ClF4N3O4S. The maximum atomic E-state index is 14.6. The van der Waals surface area contributed by atoms with Crippen LogP contribution in [0.4, 0.5) is 28.9 Å². The predicted octanol–water partition coefficient (Wildman–Crippen LogP) is 6.32. The summed E-state index contributed by atoms with van der Waals surface area (Å²) in [6.45, 7) is 4.59. The fourth-order valence-electron chi connectivity index (χ4n) is 5.77. The topological polar surface area (TPSA) is 70.2 Å². The summed E-state index contributed by atoms with van der Waals surface area (Å²) in [6, 6.07) is 12.1. The molecule has 0 amide bonds. The van der Waals surface area contributed by atoms with E-state index in [1.165, 1.54) is 19.2 Å². The number of carbonyl (C=O) groups is 1. The Kier molecular flexibility index (Phi) is 8.71. The third-order valence-corrected chi connectivity index (χ3v) is 10.1. The molecule has 0 bridgehead atoms. The van der Waals surface area contributed by atoms with Gasteiger partial charge in [-0.15, -0.1) is 0 Å². The molecule has 0 aromatic heterocycles. The quantitative estimate of drug-likeness (QED) is 0.177. The summed E-state index contributed by atoms with van der Waals surface area (Å²) in [5.41, 5.74) is 1.01. The number of ether oxygens (including phenoxy) is 1. The van der Waals surface area contributed by atoms with Gasteiger partial charge in [0.25, 0.3) is 10.0 Å². The molecule has 3 aromatic carbocycles. The molecule has 1 fully saturated rings. The summed E-state index contributed by atoms with van der Waals surface area (Å²) in [6.07, 6.45) is -3.07. The van der Waals surface area contributed by atoms with Crippen molar-refractivity contribution in [3.8, 4) is 0 Å². The summed E-state index contributed by atoms with van der Waals surface area (Å²) < 4.78 is 89.4. The Morgan fingerprint density at radius 2 is 1.77 bits per heavy atom. The van der Waals surface area contributed by atoms with Crippen LogP contribution in [0.2, 0.25) is 5.02 Å². The van der Waals surface area contributed by atoms with Gasteiger partial charge in [0.2, 0.25) is 0 Å². The fourth-order valence-corrected chi connectivity index (χ4v) is 7.64. The van der Waals surface area contributed by atoms with Gasteiger partial charge in [0.1, 0.15) is 11.9 Å². The van der Waals surface area contributed by atoms with Crippen LogP contribution in [0.1, 0.15) is 30.5 Å². The van der Waals surface area contributed by atoms with E-state index in [0.717, 1.165) is 22.5 Å². The summed E-state index contributed by atoms with van der Waals surface area (Å²) in [4.78, 5) is 15.7. The van der Waals surface area contributed by atoms with Gasteiger partial charge in [0, 0.05) is 25.2 Å². The van der Waals surface area contributed by atoms with Gasteiger partial charge >= 0.3 is 12.1 Å². The van der Waals surface area contributed by atoms with Gasteiger partial charge < -0.3 is 9.64 Å². The molecule has 234 valence electrons. The highest BCUT2D eigenvalue weighted by Crippen LogP contribution is 2.42. The zero-order valence-corrected chi connectivity index (χ0v) is 25.7. The van der Waals surface area contributed by atoms with Gasteiger partial charge in [-0.25, -0.2) is 12.8 Å². The molecule has 2 aliphatic rings. The number of piperazine rings is 1. The van der Waals surface area contributed by atoms with Gasteiger partial charge in [-0.2, -0.15) is 13.2 Å². The minimum atomic E-state index is -4.74. The van der Waals surface area contributed by atoms with E-state index in [1.807, 2.05) is 9.80 Å². The van der Waals surface area contributed by atoms with Crippen molar-refractivity contribution >= 4 is 50.6 Å². The van der Waals surface area contributed by atoms with Crippen molar-refractivity contribution in [1.29, 1.82) is 0 Å². The highest BCUT2D eigenvalue weighted by atomic mass is 35.5. The van der Waals surface area contributed by atoms with Crippen molar-refractivity contribution in [3.05, 3.63) is 88.2 Å². The van der Waals surface area contributed by atoms with Crippen LogP contribution in [0.5, 0.6) is 0 Å². The van der Waals surface area contributed by atoms with E-state index in [9.17, 15) is 30.8 Å². The number of hydrogen-bond acceptors (Lipinski definition) is 6. The van der Waals surface area contributed by atoms with Crippen LogP contribution in [-0.2, 0) is 25.7 Å². The number of allylic oxidation sites excluding steroid dienone is 1. The molecule has 13 heteroatoms. The SMILES string of the molecule is COC(=O)C(C)N1CCN2c3ccc(/C=C(\C)c4c(F)cccc4Cl)cc3N(S(=O)(=O)c3cccc(C(F)(F)F)c3)C[C@@H]2C1. The molecule has 0 spiro atoms. The minimum Gasteiger partial charge on any atom is -0.468 e. The van der Waals surface area contributed by atoms with Crippen LogP contribution in [0, 0.1) is 5.82 Å². The van der Waals surface area contributed by atoms with Crippen LogP contribution >= 0.6 is 11.6 Å². The Morgan fingerprint density at radius 3 is 2.45 bits per heavy atom. The zero-order valence-electron chi connectivity index (χ0n) is 24.1. The number of alkyl halides is 3. The first-order chi connectivity index (χ1) is 20.7. The first-order valence-electron chi connectivity index (χ1n) is 13.8. The molecule has 0 saturated carbocycles. The van der Waals surface area contributed by atoms with Gasteiger partial charge in [0.05, 0.1) is 46.6 Å². The number of sulfonamides is 1. The lowest BCUT2D eigenvalue weighted by Gasteiger charge is -2.49. The minimum absolute atomic E-state index is 0.0821. The number of rotatable bonds is 6. The molecule has 2 atom stereocenters. The third kappa shape index (κ3) is 6.02. The lowest BCUT2D eigenvalue weighted by Crippen LogP contribution is -2.62. The van der Waals surface area contributed by atoms with Crippen LogP contribution in [0.15, 0.2) is 65.6 Å². The number of benzene rings is 3. The molecule has 1 saturated heterocycles. The molecule has 0 radical (unpaired) electrons. The standard InChI is InChI=1S/C31H30ClF4N3O4S/c1-19(29-25(32)8-5-9-26(29)33)14-21-10-11-27-28(15-21)39(44(41,42)24-7-4-6-22(16-24)31(34,35)36)18-23-17-37(12-13-38(23)27)20(2)30(40)43-3/h4-11,14-16,20,23H,12-13,17-18H2,1-3H3/b19-14+/t20?,23-/m0/s1. The van der Waals surface area contributed by atoms with Gasteiger partial charge in [0.15, 0.2) is 0 Å². The fraction of sp³-hybridized carbons (Fsp3) is 0.323. The number of esters is 1. The smallest absolute Gasteiger partial charge is 0.416 e. The Balaban J connectivity index is 1.60. The first-order valence-corrected chi connectivity index (χ1v) is 15.6. The predicted molar refractivity (Wildman–Crippen MR) is 162 cm³/mol. The lowest BCUT2D eigenvalue weighted by atomic mass is 10.0. The van der Waals surface area contributed by atoms with E-state index < -0.39 is 50.5 Å². The van der Waals surface area contributed by atoms with Gasteiger partial charge in [-0.05, 0) is 67.4 Å². The van der Waals surface area contributed by atoms with E-state index in [0.29, 0.717) is 42.5 Å². The number of halogens is 5. The largest absolute Gasteiger partial charge is 0.468 e. The number of nitrogens with zero attached hydrogens (tertiary/aromatic N) is 3. The molecule has 7 nitrogen and oxygen atoms in total. The Bertz CT molecular complexity index is 1710. The van der Waals surface area contributed by atoms with E-state index in [4.69, 9.17) is 16.3 Å². The summed E-state index contributed by atoms with van der Waals surface area (Å²) in [5.74, 6) is -0.940. The second-order valence-corrected chi connectivity index (χ2v) is 13.0. The number of fused-ring (bicyclic) bond motifs is 3. The van der Waals surface area contributed by atoms with Crippen LogP contribution in [0.25, 0.3) is 11.6 Å². The average Bonchev–Trinajstić information content (AvgIpc) is 2.99. The number of methoxy groups -OCH3 is 1. The molecule has 1 unspecified atom stereocenters. The Labute approximate surface area is 258 Å². The maximum absolute atomic E-state index is 14.6. The normalized spacial score (nSPS) is 18.5. The van der Waals surface area contributed by atoms with E-state index >= 15 is 0 Å². The van der Waals surface area contributed by atoms with Crippen molar-refractivity contribution in [2.75, 3.05) is 42.5 Å². The number of carbonyl (C=O) groups excluding carboxylic acids is 1. The average molecular weight is 652 g/mol. The molecule has 0 aliphatic carbocycles. The van der Waals surface area contributed by atoms with Crippen molar-refractivity contribution in [3.63, 3.8) is 0 Å². The van der Waals surface area contributed by atoms with Crippen molar-refractivity contribution < 1.29 is 35.5 Å². The molecule has 5 rings (SSSR count). The van der Waals surface area contributed by atoms with E-state index in [2.05, 4.69) is 0 Å². The second kappa shape index (κ2) is 12.1. The van der Waals surface area contributed by atoms with Gasteiger partial charge in [-0.3, -0.25) is 14.0 Å². The lowest BCUT2D eigenvalue weighted by molar-refractivity contribution is -0.146. The number of hydrogen-bond donors (Lipinski definition) is 0. The Morgan fingerprint density at radius 1 is 1.05 bits per heavy atom. The molecule has 44 heavy (non-hydrogen) atoms. The van der Waals surface area contributed by atoms with Crippen LogP contribution in [-0.4, -0.2) is 64.7 Å². The van der Waals surface area contributed by atoms with E-state index in [1.54, 1.807) is 44.2 Å². The monoisotopic (exact) mass is 651 g/mol. The Hall–Kier alpha value is -3.61. The summed E-state index contributed by atoms with van der Waals surface area (Å²) >= 11 is 6.25. The van der Waals surface area contributed by atoms with E-state index in [-0.39, 0.29) is 22.8 Å². The molecule has 2 aliphatic heterocycles. The molecular weight excluding hydrogens is 622 g/mol. The van der Waals surface area contributed by atoms with Crippen molar-refractivity contribution in [2.24, 2.45) is 0 Å². The summed E-state index contributed by atoms with van der Waals surface area (Å²) in [7, 11) is -3.19.